The maximum Gasteiger partial charge on any atom is 0.329 e. The number of carbonyl (C=O) groups excluding carboxylic acids is 3. The zero-order valence-corrected chi connectivity index (χ0v) is 16.7. The molecule has 8 heteroatoms. The van der Waals surface area contributed by atoms with Crippen LogP contribution in [-0.2, 0) is 9.53 Å². The van der Waals surface area contributed by atoms with Crippen molar-refractivity contribution in [1.29, 1.82) is 0 Å². The molecule has 0 bridgehead atoms. The van der Waals surface area contributed by atoms with Gasteiger partial charge in [0.2, 0.25) is 0 Å². The molecule has 0 spiro atoms. The summed E-state index contributed by atoms with van der Waals surface area (Å²) in [5, 5.41) is 3.12. The fraction of sp³-hybridized carbons (Fsp3) is 0.250. The minimum Gasteiger partial charge on any atom is -0.456 e. The highest BCUT2D eigenvalue weighted by Gasteiger charge is 2.23. The Morgan fingerprint density at radius 1 is 1.07 bits per heavy atom. The minimum absolute atomic E-state index is 0.236. The van der Waals surface area contributed by atoms with E-state index in [0.29, 0.717) is 22.8 Å². The number of Topliss-reactive ketones (excluding diaryl/α,β-unsaturated/α-hetero) is 1. The number of esters is 1. The molecule has 0 saturated heterocycles. The van der Waals surface area contributed by atoms with E-state index in [-0.39, 0.29) is 5.56 Å². The molecule has 0 aliphatic rings. The zero-order valence-electron chi connectivity index (χ0n) is 15.1. The fourth-order valence-electron chi connectivity index (χ4n) is 2.28. The second kappa shape index (κ2) is 10.8. The average Bonchev–Trinajstić information content (AvgIpc) is 2.69. The molecule has 0 radical (unpaired) electrons. The van der Waals surface area contributed by atoms with E-state index >= 15 is 0 Å². The van der Waals surface area contributed by atoms with Crippen LogP contribution in [0.15, 0.2) is 48.5 Å². The number of halogens is 2. The van der Waals surface area contributed by atoms with Crippen LogP contribution in [0.4, 0.5) is 4.39 Å². The maximum absolute atomic E-state index is 12.9. The lowest BCUT2D eigenvalue weighted by Gasteiger charge is -2.17. The van der Waals surface area contributed by atoms with Crippen molar-refractivity contribution in [2.75, 3.05) is 18.6 Å². The van der Waals surface area contributed by atoms with Crippen molar-refractivity contribution in [3.63, 3.8) is 0 Å². The van der Waals surface area contributed by atoms with Gasteiger partial charge in [0, 0.05) is 16.1 Å². The number of nitrogens with one attached hydrogen (secondary N) is 1. The van der Waals surface area contributed by atoms with Gasteiger partial charge < -0.3 is 10.1 Å². The van der Waals surface area contributed by atoms with Crippen LogP contribution in [-0.4, -0.2) is 42.3 Å². The number of carbonyl (C=O) groups is 3. The molecule has 0 fully saturated rings. The van der Waals surface area contributed by atoms with Gasteiger partial charge in [-0.2, -0.15) is 11.8 Å². The summed E-state index contributed by atoms with van der Waals surface area (Å²) in [6.07, 6.45) is 2.23. The smallest absolute Gasteiger partial charge is 0.329 e. The topological polar surface area (TPSA) is 72.5 Å². The monoisotopic (exact) mass is 423 g/mol. The third kappa shape index (κ3) is 6.65. The minimum atomic E-state index is -0.892. The summed E-state index contributed by atoms with van der Waals surface area (Å²) in [6, 6.07) is 10.3. The Kier molecular flexibility index (Phi) is 8.47. The van der Waals surface area contributed by atoms with Gasteiger partial charge in [-0.1, -0.05) is 11.6 Å². The van der Waals surface area contributed by atoms with Crippen LogP contribution in [0.5, 0.6) is 0 Å². The van der Waals surface area contributed by atoms with E-state index in [1.807, 2.05) is 6.26 Å². The Bertz CT molecular complexity index is 827. The molecule has 0 unspecified atom stereocenters. The van der Waals surface area contributed by atoms with Crippen molar-refractivity contribution in [2.45, 2.75) is 12.5 Å². The molecule has 1 amide bonds. The highest BCUT2D eigenvalue weighted by Crippen LogP contribution is 2.11. The molecule has 2 rings (SSSR count). The first-order chi connectivity index (χ1) is 13.4. The standard InChI is InChI=1S/C20H19ClFNO4S/c1-28-11-10-17(23-19(25)14-2-6-15(21)7-3-14)20(26)27-12-18(24)13-4-8-16(22)9-5-13/h2-9,17H,10-12H2,1H3,(H,23,25)/t17-/m0/s1. The van der Waals surface area contributed by atoms with E-state index in [0.717, 1.165) is 12.1 Å². The average molecular weight is 424 g/mol. The molecule has 2 aromatic rings. The quantitative estimate of drug-likeness (QED) is 0.491. The van der Waals surface area contributed by atoms with E-state index < -0.39 is 36.1 Å². The molecule has 0 saturated carbocycles. The van der Waals surface area contributed by atoms with Crippen LogP contribution in [0.1, 0.15) is 27.1 Å². The number of benzene rings is 2. The van der Waals surface area contributed by atoms with Gasteiger partial charge >= 0.3 is 5.97 Å². The molecule has 0 aliphatic heterocycles. The van der Waals surface area contributed by atoms with Crippen molar-refractivity contribution in [2.24, 2.45) is 0 Å². The first kappa shape index (κ1) is 21.9. The summed E-state index contributed by atoms with van der Waals surface area (Å²) in [4.78, 5) is 36.8. The third-order valence-electron chi connectivity index (χ3n) is 3.82. The highest BCUT2D eigenvalue weighted by molar-refractivity contribution is 7.98. The van der Waals surface area contributed by atoms with Crippen LogP contribution in [0.2, 0.25) is 5.02 Å². The molecule has 28 heavy (non-hydrogen) atoms. The van der Waals surface area contributed by atoms with E-state index in [4.69, 9.17) is 16.3 Å². The van der Waals surface area contributed by atoms with Gasteiger partial charge in [0.25, 0.3) is 5.91 Å². The summed E-state index contributed by atoms with van der Waals surface area (Å²) >= 11 is 7.33. The Hall–Kier alpha value is -2.38. The summed E-state index contributed by atoms with van der Waals surface area (Å²) in [5.74, 6) is -1.44. The highest BCUT2D eigenvalue weighted by atomic mass is 35.5. The molecule has 0 aliphatic carbocycles. The van der Waals surface area contributed by atoms with Gasteiger partial charge in [-0.15, -0.1) is 0 Å². The summed E-state index contributed by atoms with van der Waals surface area (Å²) < 4.78 is 18.0. The Morgan fingerprint density at radius 2 is 1.68 bits per heavy atom. The molecule has 1 N–H and O–H groups in total. The van der Waals surface area contributed by atoms with E-state index in [1.54, 1.807) is 24.3 Å². The maximum atomic E-state index is 12.9. The lowest BCUT2D eigenvalue weighted by atomic mass is 10.1. The van der Waals surface area contributed by atoms with Crippen LogP contribution in [0.25, 0.3) is 0 Å². The van der Waals surface area contributed by atoms with Crippen molar-refractivity contribution in [3.8, 4) is 0 Å². The SMILES string of the molecule is CSCC[C@H](NC(=O)c1ccc(Cl)cc1)C(=O)OCC(=O)c1ccc(F)cc1. The Morgan fingerprint density at radius 3 is 2.29 bits per heavy atom. The summed E-state index contributed by atoms with van der Waals surface area (Å²) in [5.41, 5.74) is 0.591. The molecule has 2 aromatic carbocycles. The number of thioether (sulfide) groups is 1. The van der Waals surface area contributed by atoms with Crippen LogP contribution < -0.4 is 5.32 Å². The zero-order chi connectivity index (χ0) is 20.5. The second-order valence-electron chi connectivity index (χ2n) is 5.85. The van der Waals surface area contributed by atoms with Gasteiger partial charge in [0.15, 0.2) is 12.4 Å². The number of hydrogen-bond donors (Lipinski definition) is 1. The van der Waals surface area contributed by atoms with Crippen molar-refractivity contribution >= 4 is 41.0 Å². The molecule has 0 aromatic heterocycles. The Balaban J connectivity index is 1.97. The van der Waals surface area contributed by atoms with Crippen LogP contribution >= 0.6 is 23.4 Å². The molecule has 148 valence electrons. The molecule has 0 heterocycles. The third-order valence-corrected chi connectivity index (χ3v) is 4.71. The van der Waals surface area contributed by atoms with Gasteiger partial charge in [-0.3, -0.25) is 9.59 Å². The molecule has 1 atom stereocenters. The van der Waals surface area contributed by atoms with Crippen LogP contribution in [0, 0.1) is 5.82 Å². The van der Waals surface area contributed by atoms with Gasteiger partial charge in [-0.25, -0.2) is 9.18 Å². The van der Waals surface area contributed by atoms with Gasteiger partial charge in [-0.05, 0) is 67.0 Å². The predicted octanol–water partition coefficient (Wildman–Crippen LogP) is 3.76. The van der Waals surface area contributed by atoms with Gasteiger partial charge in [0.1, 0.15) is 11.9 Å². The van der Waals surface area contributed by atoms with Crippen molar-refractivity contribution in [1.82, 2.24) is 5.32 Å². The van der Waals surface area contributed by atoms with Gasteiger partial charge in [0.05, 0.1) is 0 Å². The Labute approximate surface area is 171 Å². The summed E-state index contributed by atoms with van der Waals surface area (Å²) in [7, 11) is 0. The number of ether oxygens (including phenoxy) is 1. The summed E-state index contributed by atoms with van der Waals surface area (Å²) in [6.45, 7) is -0.489. The number of hydrogen-bond acceptors (Lipinski definition) is 5. The normalized spacial score (nSPS) is 11.5. The largest absolute Gasteiger partial charge is 0.456 e. The van der Waals surface area contributed by atoms with Crippen molar-refractivity contribution < 1.29 is 23.5 Å². The predicted molar refractivity (Wildman–Crippen MR) is 107 cm³/mol. The molecule has 5 nitrogen and oxygen atoms in total. The lowest BCUT2D eigenvalue weighted by Crippen LogP contribution is -2.42. The molecular formula is C20H19ClFNO4S. The first-order valence-corrected chi connectivity index (χ1v) is 10.2. The van der Waals surface area contributed by atoms with E-state index in [9.17, 15) is 18.8 Å². The molecular weight excluding hydrogens is 405 g/mol. The van der Waals surface area contributed by atoms with Crippen molar-refractivity contribution in [3.05, 3.63) is 70.5 Å². The fourth-order valence-corrected chi connectivity index (χ4v) is 2.88. The number of rotatable bonds is 9. The van der Waals surface area contributed by atoms with E-state index in [1.165, 1.54) is 23.9 Å². The first-order valence-electron chi connectivity index (χ1n) is 8.41. The van der Waals surface area contributed by atoms with E-state index in [2.05, 4.69) is 5.32 Å². The second-order valence-corrected chi connectivity index (χ2v) is 7.27. The lowest BCUT2D eigenvalue weighted by molar-refractivity contribution is -0.144. The van der Waals surface area contributed by atoms with Crippen LogP contribution in [0.3, 0.4) is 0 Å². The number of ketones is 1. The number of amides is 1.